The van der Waals surface area contributed by atoms with Crippen molar-refractivity contribution in [2.24, 2.45) is 0 Å². The predicted molar refractivity (Wildman–Crippen MR) is 107 cm³/mol. The third-order valence-electron chi connectivity index (χ3n) is 4.46. The lowest BCUT2D eigenvalue weighted by Crippen LogP contribution is -2.12. The van der Waals surface area contributed by atoms with Gasteiger partial charge in [0.15, 0.2) is 0 Å². The standard InChI is InChI=1S/C22H25N3/c1-16(18-11-12-22-20(13-18)14-23-24-22)9-10-17(2)21-8-6-5-7-19(21)15-25(3)4/h5-8,11-14H,1-2,9-10,15H2,3-4H3,(H,23,24). The molecule has 3 heteroatoms. The summed E-state index contributed by atoms with van der Waals surface area (Å²) >= 11 is 0. The second kappa shape index (κ2) is 7.49. The fourth-order valence-corrected chi connectivity index (χ4v) is 3.09. The minimum absolute atomic E-state index is 0.901. The van der Waals surface area contributed by atoms with E-state index in [9.17, 15) is 0 Å². The molecule has 0 radical (unpaired) electrons. The number of nitrogens with one attached hydrogen (secondary N) is 1. The number of aromatic nitrogens is 2. The molecule has 3 rings (SSSR count). The Morgan fingerprint density at radius 3 is 2.60 bits per heavy atom. The minimum Gasteiger partial charge on any atom is -0.305 e. The number of rotatable bonds is 7. The van der Waals surface area contributed by atoms with Crippen LogP contribution in [-0.2, 0) is 6.54 Å². The summed E-state index contributed by atoms with van der Waals surface area (Å²) in [6, 6.07) is 14.8. The highest BCUT2D eigenvalue weighted by molar-refractivity contribution is 5.83. The van der Waals surface area contributed by atoms with Crippen LogP contribution in [0.4, 0.5) is 0 Å². The van der Waals surface area contributed by atoms with Crippen molar-refractivity contribution in [2.45, 2.75) is 19.4 Å². The smallest absolute Gasteiger partial charge is 0.0650 e. The molecule has 0 aliphatic heterocycles. The van der Waals surface area contributed by atoms with E-state index in [-0.39, 0.29) is 0 Å². The summed E-state index contributed by atoms with van der Waals surface area (Å²) in [6.45, 7) is 9.52. The normalized spacial score (nSPS) is 11.2. The Morgan fingerprint density at radius 2 is 1.80 bits per heavy atom. The van der Waals surface area contributed by atoms with Crippen LogP contribution in [0, 0.1) is 0 Å². The van der Waals surface area contributed by atoms with Crippen LogP contribution in [0.5, 0.6) is 0 Å². The molecule has 0 aliphatic carbocycles. The van der Waals surface area contributed by atoms with Crippen LogP contribution in [0.25, 0.3) is 22.0 Å². The summed E-state index contributed by atoms with van der Waals surface area (Å²) in [5.74, 6) is 0. The SMILES string of the molecule is C=C(CCC(=C)c1ccccc1CN(C)C)c1ccc2[nH]ncc2c1. The van der Waals surface area contributed by atoms with Crippen molar-refractivity contribution in [2.75, 3.05) is 14.1 Å². The molecule has 1 aromatic heterocycles. The maximum absolute atomic E-state index is 4.33. The summed E-state index contributed by atoms with van der Waals surface area (Å²) in [7, 11) is 4.18. The number of allylic oxidation sites excluding steroid dienone is 2. The molecule has 25 heavy (non-hydrogen) atoms. The molecule has 0 fully saturated rings. The number of aromatic amines is 1. The van der Waals surface area contributed by atoms with E-state index >= 15 is 0 Å². The fourth-order valence-electron chi connectivity index (χ4n) is 3.09. The third-order valence-corrected chi connectivity index (χ3v) is 4.46. The first-order valence-electron chi connectivity index (χ1n) is 8.56. The lowest BCUT2D eigenvalue weighted by atomic mass is 9.93. The van der Waals surface area contributed by atoms with Gasteiger partial charge in [0.1, 0.15) is 0 Å². The van der Waals surface area contributed by atoms with Crippen LogP contribution in [0.1, 0.15) is 29.5 Å². The molecule has 3 aromatic rings. The molecule has 0 atom stereocenters. The van der Waals surface area contributed by atoms with E-state index in [0.717, 1.165) is 35.9 Å². The summed E-state index contributed by atoms with van der Waals surface area (Å²) in [4.78, 5) is 2.19. The number of hydrogen-bond donors (Lipinski definition) is 1. The number of hydrogen-bond acceptors (Lipinski definition) is 2. The summed E-state index contributed by atoms with van der Waals surface area (Å²) in [5, 5.41) is 8.18. The average molecular weight is 331 g/mol. The van der Waals surface area contributed by atoms with Crippen LogP contribution in [-0.4, -0.2) is 29.2 Å². The van der Waals surface area contributed by atoms with Gasteiger partial charge < -0.3 is 4.90 Å². The Bertz CT molecular complexity index is 902. The Morgan fingerprint density at radius 1 is 1.04 bits per heavy atom. The Kier molecular flexibility index (Phi) is 5.15. The van der Waals surface area contributed by atoms with Crippen molar-refractivity contribution in [1.29, 1.82) is 0 Å². The molecular formula is C22H25N3. The quantitative estimate of drug-likeness (QED) is 0.651. The molecule has 128 valence electrons. The first-order valence-corrected chi connectivity index (χ1v) is 8.56. The molecule has 1 N–H and O–H groups in total. The topological polar surface area (TPSA) is 31.9 Å². The monoisotopic (exact) mass is 331 g/mol. The van der Waals surface area contributed by atoms with E-state index in [1.807, 2.05) is 6.20 Å². The maximum Gasteiger partial charge on any atom is 0.0650 e. The summed E-state index contributed by atoms with van der Waals surface area (Å²) in [6.07, 6.45) is 3.66. The van der Waals surface area contributed by atoms with Crippen LogP contribution in [0.2, 0.25) is 0 Å². The molecule has 2 aromatic carbocycles. The van der Waals surface area contributed by atoms with E-state index < -0.39 is 0 Å². The van der Waals surface area contributed by atoms with Crippen molar-refractivity contribution >= 4 is 22.0 Å². The van der Waals surface area contributed by atoms with Crippen molar-refractivity contribution in [1.82, 2.24) is 15.1 Å². The molecule has 0 saturated heterocycles. The highest BCUT2D eigenvalue weighted by Crippen LogP contribution is 2.28. The molecule has 0 amide bonds. The average Bonchev–Trinajstić information content (AvgIpc) is 3.07. The third kappa shape index (κ3) is 4.06. The molecule has 0 saturated carbocycles. The van der Waals surface area contributed by atoms with Gasteiger partial charge in [-0.25, -0.2) is 0 Å². The van der Waals surface area contributed by atoms with E-state index in [4.69, 9.17) is 0 Å². The van der Waals surface area contributed by atoms with Gasteiger partial charge in [0, 0.05) is 11.9 Å². The Balaban J connectivity index is 1.68. The summed E-state index contributed by atoms with van der Waals surface area (Å²) in [5.41, 5.74) is 7.11. The van der Waals surface area contributed by atoms with Crippen molar-refractivity contribution < 1.29 is 0 Å². The molecule has 0 spiro atoms. The molecule has 0 bridgehead atoms. The molecule has 3 nitrogen and oxygen atoms in total. The summed E-state index contributed by atoms with van der Waals surface area (Å²) < 4.78 is 0. The maximum atomic E-state index is 4.33. The van der Waals surface area contributed by atoms with Gasteiger partial charge in [-0.1, -0.05) is 43.5 Å². The van der Waals surface area contributed by atoms with Crippen LogP contribution in [0.15, 0.2) is 61.8 Å². The van der Waals surface area contributed by atoms with E-state index in [0.29, 0.717) is 0 Å². The molecule has 0 unspecified atom stereocenters. The fraction of sp³-hybridized carbons (Fsp3) is 0.227. The number of benzene rings is 2. The van der Waals surface area contributed by atoms with Crippen molar-refractivity contribution in [3.8, 4) is 0 Å². The van der Waals surface area contributed by atoms with Crippen molar-refractivity contribution in [3.05, 3.63) is 78.5 Å². The first-order chi connectivity index (χ1) is 12.0. The predicted octanol–water partition coefficient (Wildman–Crippen LogP) is 5.13. The zero-order chi connectivity index (χ0) is 17.8. The van der Waals surface area contributed by atoms with Gasteiger partial charge in [-0.15, -0.1) is 0 Å². The van der Waals surface area contributed by atoms with Crippen LogP contribution in [0.3, 0.4) is 0 Å². The number of fused-ring (bicyclic) bond motifs is 1. The molecular weight excluding hydrogens is 306 g/mol. The van der Waals surface area contributed by atoms with E-state index in [2.05, 4.69) is 84.8 Å². The Hall–Kier alpha value is -2.65. The van der Waals surface area contributed by atoms with Crippen LogP contribution >= 0.6 is 0 Å². The van der Waals surface area contributed by atoms with Gasteiger partial charge in [0.25, 0.3) is 0 Å². The van der Waals surface area contributed by atoms with Gasteiger partial charge >= 0.3 is 0 Å². The second-order valence-corrected chi connectivity index (χ2v) is 6.77. The van der Waals surface area contributed by atoms with Gasteiger partial charge in [-0.05, 0) is 66.9 Å². The van der Waals surface area contributed by atoms with Gasteiger partial charge in [-0.2, -0.15) is 5.10 Å². The zero-order valence-corrected chi connectivity index (χ0v) is 15.0. The lowest BCUT2D eigenvalue weighted by molar-refractivity contribution is 0.402. The lowest BCUT2D eigenvalue weighted by Gasteiger charge is -2.16. The molecule has 0 aliphatic rings. The van der Waals surface area contributed by atoms with Crippen LogP contribution < -0.4 is 0 Å². The van der Waals surface area contributed by atoms with Crippen molar-refractivity contribution in [3.63, 3.8) is 0 Å². The van der Waals surface area contributed by atoms with E-state index in [1.54, 1.807) is 0 Å². The zero-order valence-electron chi connectivity index (χ0n) is 15.0. The molecule has 1 heterocycles. The van der Waals surface area contributed by atoms with Gasteiger partial charge in [0.2, 0.25) is 0 Å². The Labute approximate surface area is 149 Å². The first kappa shape index (κ1) is 17.2. The minimum atomic E-state index is 0.901. The number of H-pyrrole nitrogens is 1. The van der Waals surface area contributed by atoms with Gasteiger partial charge in [0.05, 0.1) is 11.7 Å². The van der Waals surface area contributed by atoms with Gasteiger partial charge in [-0.3, -0.25) is 5.10 Å². The second-order valence-electron chi connectivity index (χ2n) is 6.77. The highest BCUT2D eigenvalue weighted by Gasteiger charge is 2.08. The highest BCUT2D eigenvalue weighted by atomic mass is 15.1. The number of nitrogens with zero attached hydrogens (tertiary/aromatic N) is 2. The largest absolute Gasteiger partial charge is 0.305 e. The van der Waals surface area contributed by atoms with E-state index in [1.165, 1.54) is 22.3 Å².